The minimum atomic E-state index is -2.57. The highest BCUT2D eigenvalue weighted by molar-refractivity contribution is 5.76. The third-order valence-electron chi connectivity index (χ3n) is 8.43. The largest absolute Gasteiger partial charge is 0.390 e. The molecule has 4 aliphatic rings. The molecule has 5 heterocycles. The molecule has 1 aromatic heterocycles. The van der Waals surface area contributed by atoms with Crippen molar-refractivity contribution in [3.8, 4) is 0 Å². The molecule has 9 heteroatoms. The van der Waals surface area contributed by atoms with E-state index >= 15 is 0 Å². The number of anilines is 1. The molecule has 2 amide bonds. The van der Waals surface area contributed by atoms with Gasteiger partial charge in [0.2, 0.25) is 0 Å². The van der Waals surface area contributed by atoms with Gasteiger partial charge in [-0.05, 0) is 42.0 Å². The molecule has 0 aliphatic carbocycles. The summed E-state index contributed by atoms with van der Waals surface area (Å²) in [7, 11) is 0. The Morgan fingerprint density at radius 3 is 2.43 bits per heavy atom. The van der Waals surface area contributed by atoms with Crippen LogP contribution in [0.2, 0.25) is 0 Å². The van der Waals surface area contributed by atoms with E-state index in [2.05, 4.69) is 39.0 Å². The molecule has 2 aromatic rings. The number of aliphatic hydroxyl groups excluding tert-OH is 1. The molecule has 4 aliphatic heterocycles. The van der Waals surface area contributed by atoms with Crippen LogP contribution in [0.3, 0.4) is 0 Å². The zero-order valence-corrected chi connectivity index (χ0v) is 21.1. The number of alkyl halides is 2. The number of benzene rings is 1. The first-order valence-electron chi connectivity index (χ1n) is 13.5. The number of hydrogen-bond donors (Lipinski definition) is 1. The molecule has 1 aromatic carbocycles. The Bertz CT molecular complexity index is 1110. The van der Waals surface area contributed by atoms with Gasteiger partial charge in [-0.2, -0.15) is 0 Å². The van der Waals surface area contributed by atoms with Gasteiger partial charge in [0, 0.05) is 76.9 Å². The van der Waals surface area contributed by atoms with Crippen LogP contribution in [0.25, 0.3) is 0 Å². The number of β-amino-alcohol motifs (C(OH)–C–C–N with tert-alkyl or cyclic N) is 1. The van der Waals surface area contributed by atoms with Crippen molar-refractivity contribution < 1.29 is 18.7 Å². The molecule has 198 valence electrons. The zero-order valence-electron chi connectivity index (χ0n) is 21.1. The molecule has 3 fully saturated rings. The van der Waals surface area contributed by atoms with Crippen molar-refractivity contribution in [3.63, 3.8) is 0 Å². The molecular formula is C28H35F2N5O2. The molecule has 3 unspecified atom stereocenters. The van der Waals surface area contributed by atoms with E-state index in [1.54, 1.807) is 16.0 Å². The summed E-state index contributed by atoms with van der Waals surface area (Å²) in [5.41, 5.74) is 3.61. The normalized spacial score (nSPS) is 26.0. The highest BCUT2D eigenvalue weighted by atomic mass is 19.3. The molecule has 0 saturated carbocycles. The third kappa shape index (κ3) is 5.16. The zero-order chi connectivity index (χ0) is 25.6. The van der Waals surface area contributed by atoms with Crippen molar-refractivity contribution in [1.29, 1.82) is 0 Å². The first kappa shape index (κ1) is 24.6. The molecular weight excluding hydrogens is 476 g/mol. The number of nitrogens with zero attached hydrogens (tertiary/aromatic N) is 5. The second-order valence-corrected chi connectivity index (χ2v) is 11.1. The van der Waals surface area contributed by atoms with E-state index in [0.29, 0.717) is 32.7 Å². The number of urea groups is 1. The van der Waals surface area contributed by atoms with Gasteiger partial charge in [0.25, 0.3) is 5.92 Å². The van der Waals surface area contributed by atoms with Crippen molar-refractivity contribution in [2.45, 2.75) is 69.3 Å². The minimum Gasteiger partial charge on any atom is -0.390 e. The summed E-state index contributed by atoms with van der Waals surface area (Å²) in [5.74, 6) is -1.82. The van der Waals surface area contributed by atoms with E-state index in [-0.39, 0.29) is 31.0 Å². The fourth-order valence-corrected chi connectivity index (χ4v) is 6.66. The van der Waals surface area contributed by atoms with Crippen molar-refractivity contribution in [2.24, 2.45) is 0 Å². The molecule has 7 nitrogen and oxygen atoms in total. The van der Waals surface area contributed by atoms with Gasteiger partial charge in [-0.3, -0.25) is 4.90 Å². The number of carbonyl (C=O) groups excluding carboxylic acids is 1. The molecule has 6 rings (SSSR count). The van der Waals surface area contributed by atoms with Crippen molar-refractivity contribution in [3.05, 3.63) is 59.3 Å². The maximum absolute atomic E-state index is 13.9. The predicted octanol–water partition coefficient (Wildman–Crippen LogP) is 3.50. The van der Waals surface area contributed by atoms with Gasteiger partial charge < -0.3 is 19.8 Å². The maximum Gasteiger partial charge on any atom is 0.320 e. The Morgan fingerprint density at radius 1 is 0.973 bits per heavy atom. The summed E-state index contributed by atoms with van der Waals surface area (Å²) in [6, 6.07) is 11.9. The Balaban J connectivity index is 1.00. The maximum atomic E-state index is 13.9. The number of piperidine rings is 1. The van der Waals surface area contributed by atoms with Crippen LogP contribution in [0.5, 0.6) is 0 Å². The Morgan fingerprint density at radius 2 is 1.70 bits per heavy atom. The summed E-state index contributed by atoms with van der Waals surface area (Å²) < 4.78 is 27.9. The summed E-state index contributed by atoms with van der Waals surface area (Å²) in [5, 5.41) is 10.7. The third-order valence-corrected chi connectivity index (χ3v) is 8.43. The van der Waals surface area contributed by atoms with Crippen molar-refractivity contribution in [1.82, 2.24) is 19.7 Å². The first-order chi connectivity index (χ1) is 17.8. The smallest absolute Gasteiger partial charge is 0.320 e. The summed E-state index contributed by atoms with van der Waals surface area (Å²) in [6.45, 7) is 4.27. The van der Waals surface area contributed by atoms with Crippen LogP contribution in [-0.4, -0.2) is 87.7 Å². The number of fused-ring (bicyclic) bond motifs is 3. The van der Waals surface area contributed by atoms with Crippen molar-refractivity contribution in [2.75, 3.05) is 37.6 Å². The number of hydrogen-bond acceptors (Lipinski definition) is 5. The molecule has 37 heavy (non-hydrogen) atoms. The number of aliphatic hydroxyl groups is 1. The van der Waals surface area contributed by atoms with Crippen LogP contribution in [0, 0.1) is 0 Å². The van der Waals surface area contributed by atoms with Crippen molar-refractivity contribution >= 4 is 11.8 Å². The minimum absolute atomic E-state index is 0.0663. The van der Waals surface area contributed by atoms with E-state index in [1.807, 2.05) is 12.1 Å². The van der Waals surface area contributed by atoms with Gasteiger partial charge in [0.1, 0.15) is 5.82 Å². The van der Waals surface area contributed by atoms with Crippen LogP contribution in [0.1, 0.15) is 42.4 Å². The average Bonchev–Trinajstić information content (AvgIpc) is 3.36. The highest BCUT2D eigenvalue weighted by Crippen LogP contribution is 2.45. The second kappa shape index (κ2) is 9.83. The highest BCUT2D eigenvalue weighted by Gasteiger charge is 2.49. The number of amides is 2. The van der Waals surface area contributed by atoms with E-state index < -0.39 is 12.0 Å². The molecule has 3 atom stereocenters. The lowest BCUT2D eigenvalue weighted by Gasteiger charge is -2.39. The summed E-state index contributed by atoms with van der Waals surface area (Å²) in [4.78, 5) is 25.4. The molecule has 0 spiro atoms. The SMILES string of the molecule is O=C1N(Cc2ccc(N3C4CCC3CC(F)(F)C4)nc2)CCN1CC(O)CN1CCc2ccccc2C1. The number of aromatic nitrogens is 1. The van der Waals surface area contributed by atoms with Gasteiger partial charge >= 0.3 is 6.03 Å². The monoisotopic (exact) mass is 511 g/mol. The fourth-order valence-electron chi connectivity index (χ4n) is 6.66. The number of carbonyl (C=O) groups is 1. The van der Waals surface area contributed by atoms with E-state index in [4.69, 9.17) is 0 Å². The number of rotatable bonds is 7. The Labute approximate surface area is 216 Å². The topological polar surface area (TPSA) is 63.2 Å². The molecule has 2 bridgehead atoms. The lowest BCUT2D eigenvalue weighted by molar-refractivity contribution is -0.0359. The molecule has 3 saturated heterocycles. The van der Waals surface area contributed by atoms with E-state index in [0.717, 1.165) is 43.7 Å². The van der Waals surface area contributed by atoms with Crippen LogP contribution in [-0.2, 0) is 19.5 Å². The van der Waals surface area contributed by atoms with Crippen LogP contribution >= 0.6 is 0 Å². The lowest BCUT2D eigenvalue weighted by Crippen LogP contribution is -2.47. The van der Waals surface area contributed by atoms with Gasteiger partial charge in [-0.25, -0.2) is 18.6 Å². The van der Waals surface area contributed by atoms with Gasteiger partial charge in [-0.1, -0.05) is 30.3 Å². The van der Waals surface area contributed by atoms with E-state index in [9.17, 15) is 18.7 Å². The van der Waals surface area contributed by atoms with Gasteiger partial charge in [0.15, 0.2) is 0 Å². The van der Waals surface area contributed by atoms with Crippen LogP contribution in [0.15, 0.2) is 42.6 Å². The Kier molecular flexibility index (Phi) is 6.52. The predicted molar refractivity (Wildman–Crippen MR) is 137 cm³/mol. The summed E-state index contributed by atoms with van der Waals surface area (Å²) in [6.07, 6.45) is 3.54. The molecule has 0 radical (unpaired) electrons. The standard InChI is InChI=1S/C28H35F2N5O2/c29-28(30)13-23-6-7-24(14-28)35(23)26-8-5-20(15-31-26)16-33-11-12-34(27(33)37)19-25(36)18-32-10-9-21-3-1-2-4-22(21)17-32/h1-5,8,15,23-25,36H,6-7,9-14,16-19H2. The van der Waals surface area contributed by atoms with E-state index in [1.165, 1.54) is 11.1 Å². The Hall–Kier alpha value is -2.78. The van der Waals surface area contributed by atoms with Gasteiger partial charge in [0.05, 0.1) is 6.10 Å². The molecule has 1 N–H and O–H groups in total. The number of halogens is 2. The fraction of sp³-hybridized carbons (Fsp3) is 0.571. The first-order valence-corrected chi connectivity index (χ1v) is 13.5. The number of pyridine rings is 1. The van der Waals surface area contributed by atoms with Crippen LogP contribution in [0.4, 0.5) is 19.4 Å². The summed E-state index contributed by atoms with van der Waals surface area (Å²) >= 11 is 0. The van der Waals surface area contributed by atoms with Gasteiger partial charge in [-0.15, -0.1) is 0 Å². The second-order valence-electron chi connectivity index (χ2n) is 11.1. The quantitative estimate of drug-likeness (QED) is 0.617. The lowest BCUT2D eigenvalue weighted by atomic mass is 9.99. The van der Waals surface area contributed by atoms with Crippen LogP contribution < -0.4 is 4.90 Å². The average molecular weight is 512 g/mol.